The van der Waals surface area contributed by atoms with Crippen molar-refractivity contribution in [2.45, 2.75) is 17.4 Å². The summed E-state index contributed by atoms with van der Waals surface area (Å²) in [5.74, 6) is 1.14. The van der Waals surface area contributed by atoms with Gasteiger partial charge in [-0.2, -0.15) is 0 Å². The second-order valence-corrected chi connectivity index (χ2v) is 7.44. The highest BCUT2D eigenvalue weighted by molar-refractivity contribution is 9.10. The van der Waals surface area contributed by atoms with E-state index >= 15 is 0 Å². The van der Waals surface area contributed by atoms with Gasteiger partial charge in [-0.3, -0.25) is 4.79 Å². The van der Waals surface area contributed by atoms with Crippen LogP contribution in [0, 0.1) is 0 Å². The van der Waals surface area contributed by atoms with Gasteiger partial charge in [0.1, 0.15) is 5.75 Å². The largest absolute Gasteiger partial charge is 0.497 e. The van der Waals surface area contributed by atoms with Crippen molar-refractivity contribution in [3.63, 3.8) is 0 Å². The molecule has 1 heterocycles. The van der Waals surface area contributed by atoms with E-state index in [4.69, 9.17) is 9.15 Å². The van der Waals surface area contributed by atoms with E-state index in [0.29, 0.717) is 22.4 Å². The Bertz CT molecular complexity index is 863. The van der Waals surface area contributed by atoms with Crippen LogP contribution in [0.15, 0.2) is 62.6 Å². The van der Waals surface area contributed by atoms with Crippen molar-refractivity contribution in [1.82, 2.24) is 10.2 Å². The number of carbonyl (C=O) groups excluding carboxylic acids is 1. The van der Waals surface area contributed by atoms with E-state index in [-0.39, 0.29) is 11.0 Å². The molecular weight excluding hydrogens is 404 g/mol. The SMILES string of the molecule is COc1ccc(C(=O)C(C)Sc2nnc(-c3ccc(Br)cc3)o2)cc1. The molecule has 1 unspecified atom stereocenters. The predicted molar refractivity (Wildman–Crippen MR) is 100 cm³/mol. The maximum absolute atomic E-state index is 12.5. The minimum absolute atomic E-state index is 0.00366. The molecule has 0 N–H and O–H groups in total. The van der Waals surface area contributed by atoms with E-state index in [9.17, 15) is 4.79 Å². The van der Waals surface area contributed by atoms with Crippen molar-refractivity contribution in [1.29, 1.82) is 0 Å². The zero-order chi connectivity index (χ0) is 17.8. The lowest BCUT2D eigenvalue weighted by molar-refractivity contribution is 0.0993. The van der Waals surface area contributed by atoms with Gasteiger partial charge in [-0.15, -0.1) is 10.2 Å². The summed E-state index contributed by atoms with van der Waals surface area (Å²) in [6.45, 7) is 1.82. The number of ether oxygens (including phenoxy) is 1. The Labute approximate surface area is 157 Å². The number of halogens is 1. The van der Waals surface area contributed by atoms with Gasteiger partial charge >= 0.3 is 0 Å². The molecule has 128 valence electrons. The molecule has 1 atom stereocenters. The van der Waals surface area contributed by atoms with Crippen molar-refractivity contribution in [2.24, 2.45) is 0 Å². The summed E-state index contributed by atoms with van der Waals surface area (Å²) >= 11 is 4.63. The van der Waals surface area contributed by atoms with Gasteiger partial charge in [0, 0.05) is 15.6 Å². The molecule has 2 aromatic carbocycles. The van der Waals surface area contributed by atoms with Crippen LogP contribution >= 0.6 is 27.7 Å². The Balaban J connectivity index is 1.69. The van der Waals surface area contributed by atoms with E-state index in [2.05, 4.69) is 26.1 Å². The lowest BCUT2D eigenvalue weighted by Crippen LogP contribution is -2.13. The number of ketones is 1. The summed E-state index contributed by atoms with van der Waals surface area (Å²) in [6.07, 6.45) is 0. The van der Waals surface area contributed by atoms with Crippen LogP contribution in [-0.2, 0) is 0 Å². The normalized spacial score (nSPS) is 12.0. The number of rotatable bonds is 6. The number of thioether (sulfide) groups is 1. The molecule has 3 rings (SSSR count). The highest BCUT2D eigenvalue weighted by atomic mass is 79.9. The van der Waals surface area contributed by atoms with Gasteiger partial charge in [-0.1, -0.05) is 27.7 Å². The number of Topliss-reactive ketones (excluding diaryl/α,β-unsaturated/α-hetero) is 1. The molecule has 0 aliphatic rings. The van der Waals surface area contributed by atoms with Crippen LogP contribution in [0.25, 0.3) is 11.5 Å². The molecule has 5 nitrogen and oxygen atoms in total. The number of benzene rings is 2. The summed E-state index contributed by atoms with van der Waals surface area (Å²) in [7, 11) is 1.59. The van der Waals surface area contributed by atoms with Crippen LogP contribution in [0.2, 0.25) is 0 Å². The fraction of sp³-hybridized carbons (Fsp3) is 0.167. The molecule has 0 fully saturated rings. The van der Waals surface area contributed by atoms with Crippen LogP contribution < -0.4 is 4.74 Å². The van der Waals surface area contributed by atoms with Gasteiger partial charge in [-0.25, -0.2) is 0 Å². The van der Waals surface area contributed by atoms with Crippen LogP contribution in [-0.4, -0.2) is 28.3 Å². The Morgan fingerprint density at radius 3 is 2.44 bits per heavy atom. The fourth-order valence-electron chi connectivity index (χ4n) is 2.16. The van der Waals surface area contributed by atoms with E-state index in [1.54, 1.807) is 31.4 Å². The van der Waals surface area contributed by atoms with E-state index < -0.39 is 0 Å². The van der Waals surface area contributed by atoms with Crippen molar-refractivity contribution in [2.75, 3.05) is 7.11 Å². The minimum Gasteiger partial charge on any atom is -0.497 e. The summed E-state index contributed by atoms with van der Waals surface area (Å²) < 4.78 is 11.7. The summed E-state index contributed by atoms with van der Waals surface area (Å²) in [5.41, 5.74) is 1.45. The monoisotopic (exact) mass is 418 g/mol. The Morgan fingerprint density at radius 2 is 1.80 bits per heavy atom. The standard InChI is InChI=1S/C18H15BrN2O3S/c1-11(16(22)12-5-9-15(23-2)10-6-12)25-18-21-20-17(24-18)13-3-7-14(19)8-4-13/h3-11H,1-2H3. The molecule has 7 heteroatoms. The predicted octanol–water partition coefficient (Wildman–Crippen LogP) is 4.87. The lowest BCUT2D eigenvalue weighted by atomic mass is 10.1. The molecule has 3 aromatic rings. The quantitative estimate of drug-likeness (QED) is 0.420. The molecule has 0 saturated carbocycles. The van der Waals surface area contributed by atoms with Crippen molar-refractivity contribution >= 4 is 33.5 Å². The second-order valence-electron chi connectivity index (χ2n) is 5.23. The maximum atomic E-state index is 12.5. The number of hydrogen-bond acceptors (Lipinski definition) is 6. The van der Waals surface area contributed by atoms with Crippen LogP contribution in [0.1, 0.15) is 17.3 Å². The molecule has 0 saturated heterocycles. The zero-order valence-corrected chi connectivity index (χ0v) is 16.0. The summed E-state index contributed by atoms with van der Waals surface area (Å²) in [5, 5.41) is 8.09. The molecule has 1 aromatic heterocycles. The molecule has 0 amide bonds. The highest BCUT2D eigenvalue weighted by Gasteiger charge is 2.20. The Hall–Kier alpha value is -2.12. The molecule has 0 radical (unpaired) electrons. The van der Waals surface area contributed by atoms with Gasteiger partial charge in [-0.05, 0) is 55.5 Å². The third-order valence-corrected chi connectivity index (χ3v) is 4.98. The first-order chi connectivity index (χ1) is 12.1. The zero-order valence-electron chi connectivity index (χ0n) is 13.6. The average Bonchev–Trinajstić information content (AvgIpc) is 3.10. The Kier molecular flexibility index (Phi) is 5.55. The van der Waals surface area contributed by atoms with Crippen molar-refractivity contribution in [3.8, 4) is 17.2 Å². The number of aromatic nitrogens is 2. The van der Waals surface area contributed by atoms with E-state index in [0.717, 1.165) is 10.0 Å². The van der Waals surface area contributed by atoms with E-state index in [1.807, 2.05) is 31.2 Å². The molecule has 0 spiro atoms. The molecular formula is C18H15BrN2O3S. The van der Waals surface area contributed by atoms with Gasteiger partial charge in [0.2, 0.25) is 5.89 Å². The number of nitrogens with zero attached hydrogens (tertiary/aromatic N) is 2. The van der Waals surface area contributed by atoms with Gasteiger partial charge in [0.25, 0.3) is 5.22 Å². The first-order valence-electron chi connectivity index (χ1n) is 7.51. The van der Waals surface area contributed by atoms with Gasteiger partial charge in [0.05, 0.1) is 12.4 Å². The van der Waals surface area contributed by atoms with Crippen LogP contribution in [0.5, 0.6) is 5.75 Å². The minimum atomic E-state index is -0.341. The average molecular weight is 419 g/mol. The third-order valence-electron chi connectivity index (χ3n) is 3.52. The molecule has 0 aliphatic heterocycles. The molecule has 0 aliphatic carbocycles. The smallest absolute Gasteiger partial charge is 0.277 e. The topological polar surface area (TPSA) is 65.2 Å². The number of hydrogen-bond donors (Lipinski definition) is 0. The van der Waals surface area contributed by atoms with E-state index in [1.165, 1.54) is 11.8 Å². The van der Waals surface area contributed by atoms with Crippen molar-refractivity contribution < 1.29 is 13.9 Å². The molecule has 25 heavy (non-hydrogen) atoms. The Morgan fingerprint density at radius 1 is 1.12 bits per heavy atom. The maximum Gasteiger partial charge on any atom is 0.277 e. The first kappa shape index (κ1) is 17.7. The highest BCUT2D eigenvalue weighted by Crippen LogP contribution is 2.28. The summed E-state index contributed by atoms with van der Waals surface area (Å²) in [4.78, 5) is 12.5. The second kappa shape index (κ2) is 7.84. The fourth-order valence-corrected chi connectivity index (χ4v) is 3.19. The van der Waals surface area contributed by atoms with Gasteiger partial charge < -0.3 is 9.15 Å². The number of methoxy groups -OCH3 is 1. The summed E-state index contributed by atoms with van der Waals surface area (Å²) in [6, 6.07) is 14.6. The third kappa shape index (κ3) is 4.29. The molecule has 0 bridgehead atoms. The van der Waals surface area contributed by atoms with Crippen LogP contribution in [0.4, 0.5) is 0 Å². The first-order valence-corrected chi connectivity index (χ1v) is 9.18. The number of carbonyl (C=O) groups is 1. The lowest BCUT2D eigenvalue weighted by Gasteiger charge is -2.08. The van der Waals surface area contributed by atoms with Gasteiger partial charge in [0.15, 0.2) is 5.78 Å². The van der Waals surface area contributed by atoms with Crippen LogP contribution in [0.3, 0.4) is 0 Å². The van der Waals surface area contributed by atoms with Crippen molar-refractivity contribution in [3.05, 3.63) is 58.6 Å².